The van der Waals surface area contributed by atoms with Crippen LogP contribution in [0.1, 0.15) is 59.3 Å². The molecule has 2 aliphatic rings. The number of hydrogen-bond acceptors (Lipinski definition) is 8. The monoisotopic (exact) mass is 483 g/mol. The summed E-state index contributed by atoms with van der Waals surface area (Å²) in [6.45, 7) is 0.400. The number of rotatable bonds is 11. The van der Waals surface area contributed by atoms with Crippen LogP contribution in [0.4, 0.5) is 5.82 Å². The second-order valence-electron chi connectivity index (χ2n) is 9.33. The van der Waals surface area contributed by atoms with Gasteiger partial charge >= 0.3 is 11.9 Å². The predicted octanol–water partition coefficient (Wildman–Crippen LogP) is 2.55. The number of aliphatic hydroxyl groups is 2. The number of nitrogens with zero attached hydrogens (tertiary/aromatic N) is 2. The van der Waals surface area contributed by atoms with Crippen molar-refractivity contribution in [2.75, 3.05) is 18.5 Å². The van der Waals surface area contributed by atoms with Gasteiger partial charge in [-0.3, -0.25) is 4.79 Å². The second kappa shape index (κ2) is 11.6. The maximum absolute atomic E-state index is 12.8. The topological polar surface area (TPSA) is 132 Å². The molecule has 9 nitrogen and oxygen atoms in total. The van der Waals surface area contributed by atoms with E-state index in [4.69, 9.17) is 9.82 Å². The molecule has 0 radical (unpaired) electrons. The van der Waals surface area contributed by atoms with Gasteiger partial charge in [-0.05, 0) is 80.2 Å². The van der Waals surface area contributed by atoms with Crippen molar-refractivity contribution in [3.05, 3.63) is 58.8 Å². The minimum absolute atomic E-state index is 0.0491. The fraction of sp³-hybridized carbons (Fsp3) is 0.500. The molecule has 1 aliphatic heterocycles. The number of carboxylic acids is 1. The van der Waals surface area contributed by atoms with Crippen LogP contribution in [0.15, 0.2) is 36.4 Å². The fourth-order valence-electron chi connectivity index (χ4n) is 4.82. The lowest BCUT2D eigenvalue weighted by Gasteiger charge is -2.43. The van der Waals surface area contributed by atoms with Crippen LogP contribution in [-0.2, 0) is 29.1 Å². The molecule has 1 saturated carbocycles. The Bertz CT molecular complexity index is 1040. The van der Waals surface area contributed by atoms with E-state index in [1.165, 1.54) is 16.7 Å². The summed E-state index contributed by atoms with van der Waals surface area (Å²) in [5, 5.41) is 33.1. The minimum Gasteiger partial charge on any atom is -0.480 e. The average Bonchev–Trinajstić information content (AvgIpc) is 2.85. The van der Waals surface area contributed by atoms with Gasteiger partial charge in [0.15, 0.2) is 0 Å². The number of carboxylic acid groups (broad SMARTS) is 1. The Hall–Kier alpha value is -3.01. The number of carbonyl (C=O) groups is 2. The third kappa shape index (κ3) is 6.17. The zero-order valence-corrected chi connectivity index (χ0v) is 19.7. The Morgan fingerprint density at radius 3 is 2.77 bits per heavy atom. The van der Waals surface area contributed by atoms with Crippen LogP contribution in [-0.4, -0.2) is 62.5 Å². The summed E-state index contributed by atoms with van der Waals surface area (Å²) in [7, 11) is 0. The standard InChI is InChI=1S/C26H33N3O6/c30-12-10-23(25(32)33)29(35-26(34)20-4-1-3-18(13-20)16-31)22-14-17(15-22)6-8-21-9-7-19-5-2-11-27-24(19)28-21/h1,3-4,7,9,13,17,22-23,30-31H,2,5-6,8,10-12,14-16H2,(H,27,28)(H,32,33)/t17?,22?,23-/m0/s1. The summed E-state index contributed by atoms with van der Waals surface area (Å²) >= 11 is 0. The molecule has 0 bridgehead atoms. The zero-order valence-electron chi connectivity index (χ0n) is 19.7. The molecule has 1 aromatic carbocycles. The average molecular weight is 484 g/mol. The first-order chi connectivity index (χ1) is 17.0. The second-order valence-corrected chi connectivity index (χ2v) is 9.33. The lowest BCUT2D eigenvalue weighted by Crippen LogP contribution is -2.53. The highest BCUT2D eigenvalue weighted by Gasteiger charge is 2.41. The summed E-state index contributed by atoms with van der Waals surface area (Å²) in [5.41, 5.74) is 3.09. The van der Waals surface area contributed by atoms with E-state index in [0.717, 1.165) is 43.7 Å². The molecule has 4 rings (SSSR count). The number of hydroxylamine groups is 2. The molecular formula is C26H33N3O6. The Morgan fingerprint density at radius 1 is 1.20 bits per heavy atom. The summed E-state index contributed by atoms with van der Waals surface area (Å²) in [5.74, 6) is -0.478. The van der Waals surface area contributed by atoms with Crippen LogP contribution < -0.4 is 5.32 Å². The minimum atomic E-state index is -1.15. The van der Waals surface area contributed by atoms with E-state index in [0.29, 0.717) is 24.3 Å². The summed E-state index contributed by atoms with van der Waals surface area (Å²) in [4.78, 5) is 35.0. The van der Waals surface area contributed by atoms with Crippen molar-refractivity contribution in [3.8, 4) is 0 Å². The molecule has 9 heteroatoms. The van der Waals surface area contributed by atoms with Gasteiger partial charge in [-0.15, -0.1) is 5.06 Å². The van der Waals surface area contributed by atoms with E-state index in [2.05, 4.69) is 17.4 Å². The molecule has 0 amide bonds. The van der Waals surface area contributed by atoms with Crippen LogP contribution in [0, 0.1) is 5.92 Å². The van der Waals surface area contributed by atoms with Gasteiger partial charge in [0.2, 0.25) is 0 Å². The van der Waals surface area contributed by atoms with Crippen LogP contribution >= 0.6 is 0 Å². The quantitative estimate of drug-likeness (QED) is 0.356. The Morgan fingerprint density at radius 2 is 2.03 bits per heavy atom. The molecular weight excluding hydrogens is 450 g/mol. The third-order valence-electron chi connectivity index (χ3n) is 6.86. The van der Waals surface area contributed by atoms with Gasteiger partial charge in [-0.25, -0.2) is 9.78 Å². The number of hydrogen-bond donors (Lipinski definition) is 4. The first-order valence-corrected chi connectivity index (χ1v) is 12.2. The number of anilines is 1. The van der Waals surface area contributed by atoms with E-state index in [1.807, 2.05) is 0 Å². The smallest absolute Gasteiger partial charge is 0.357 e. The summed E-state index contributed by atoms with van der Waals surface area (Å²) in [6, 6.07) is 9.26. The first kappa shape index (κ1) is 25.1. The summed E-state index contributed by atoms with van der Waals surface area (Å²) < 4.78 is 0. The molecule has 35 heavy (non-hydrogen) atoms. The molecule has 2 heterocycles. The molecule has 188 valence electrons. The highest BCUT2D eigenvalue weighted by Crippen LogP contribution is 2.37. The number of pyridine rings is 1. The van der Waals surface area contributed by atoms with Crippen LogP contribution in [0.2, 0.25) is 0 Å². The first-order valence-electron chi connectivity index (χ1n) is 12.2. The highest BCUT2D eigenvalue weighted by molar-refractivity contribution is 5.89. The van der Waals surface area contributed by atoms with Crippen LogP contribution in [0.5, 0.6) is 0 Å². The van der Waals surface area contributed by atoms with Crippen molar-refractivity contribution >= 4 is 17.8 Å². The Balaban J connectivity index is 1.38. The number of nitrogens with one attached hydrogen (secondary N) is 1. The molecule has 0 unspecified atom stereocenters. The Labute approximate surface area is 204 Å². The number of aliphatic hydroxyl groups excluding tert-OH is 2. The summed E-state index contributed by atoms with van der Waals surface area (Å²) in [6.07, 6.45) is 5.27. The number of benzene rings is 1. The van der Waals surface area contributed by atoms with Crippen molar-refractivity contribution in [2.24, 2.45) is 5.92 Å². The van der Waals surface area contributed by atoms with Gasteiger partial charge < -0.3 is 25.5 Å². The largest absolute Gasteiger partial charge is 0.480 e. The van der Waals surface area contributed by atoms with Gasteiger partial charge in [-0.2, -0.15) is 0 Å². The fourth-order valence-corrected chi connectivity index (χ4v) is 4.82. The van der Waals surface area contributed by atoms with E-state index in [-0.39, 0.29) is 31.2 Å². The van der Waals surface area contributed by atoms with Crippen molar-refractivity contribution < 1.29 is 29.7 Å². The van der Waals surface area contributed by atoms with E-state index < -0.39 is 18.0 Å². The number of aryl methyl sites for hydroxylation is 2. The number of carbonyl (C=O) groups excluding carboxylic acids is 1. The molecule has 2 aromatic rings. The number of aliphatic carboxylic acids is 1. The molecule has 4 N–H and O–H groups in total. The van der Waals surface area contributed by atoms with Crippen LogP contribution in [0.3, 0.4) is 0 Å². The molecule has 1 aromatic heterocycles. The maximum atomic E-state index is 12.8. The predicted molar refractivity (Wildman–Crippen MR) is 129 cm³/mol. The van der Waals surface area contributed by atoms with Crippen LogP contribution in [0.25, 0.3) is 0 Å². The molecule has 1 fully saturated rings. The maximum Gasteiger partial charge on any atom is 0.357 e. The highest BCUT2D eigenvalue weighted by atomic mass is 16.7. The molecule has 0 spiro atoms. The lowest BCUT2D eigenvalue weighted by molar-refractivity contribution is -0.204. The SMILES string of the molecule is O=C(ON(C1CC(CCc2ccc3c(n2)NCCC3)C1)[C@@H](CCO)C(=O)O)c1cccc(CO)c1. The van der Waals surface area contributed by atoms with E-state index >= 15 is 0 Å². The van der Waals surface area contributed by atoms with Gasteiger partial charge in [0.25, 0.3) is 0 Å². The van der Waals surface area contributed by atoms with Gasteiger partial charge in [0, 0.05) is 24.9 Å². The third-order valence-corrected chi connectivity index (χ3v) is 6.86. The normalized spacial score (nSPS) is 19.9. The Kier molecular flexibility index (Phi) is 8.33. The number of aromatic nitrogens is 1. The molecule has 1 aliphatic carbocycles. The van der Waals surface area contributed by atoms with Gasteiger partial charge in [-0.1, -0.05) is 18.2 Å². The molecule has 1 atom stereocenters. The van der Waals surface area contributed by atoms with E-state index in [1.54, 1.807) is 18.2 Å². The van der Waals surface area contributed by atoms with Crippen molar-refractivity contribution in [1.82, 2.24) is 10.0 Å². The lowest BCUT2D eigenvalue weighted by atomic mass is 9.76. The van der Waals surface area contributed by atoms with Crippen molar-refractivity contribution in [2.45, 2.75) is 63.6 Å². The number of fused-ring (bicyclic) bond motifs is 1. The van der Waals surface area contributed by atoms with Gasteiger partial charge in [0.05, 0.1) is 12.2 Å². The van der Waals surface area contributed by atoms with Crippen molar-refractivity contribution in [1.29, 1.82) is 0 Å². The zero-order chi connectivity index (χ0) is 24.8. The molecule has 0 saturated heterocycles. The van der Waals surface area contributed by atoms with Crippen molar-refractivity contribution in [3.63, 3.8) is 0 Å². The van der Waals surface area contributed by atoms with E-state index in [9.17, 15) is 24.9 Å². The van der Waals surface area contributed by atoms with Gasteiger partial charge in [0.1, 0.15) is 11.9 Å².